The Hall–Kier alpha value is -3.27. The Balaban J connectivity index is 1.24. The zero-order valence-corrected chi connectivity index (χ0v) is 21.9. The van der Waals surface area contributed by atoms with Gasteiger partial charge in [-0.3, -0.25) is 4.79 Å². The number of rotatable bonds is 10. The second-order valence-corrected chi connectivity index (χ2v) is 10.8. The van der Waals surface area contributed by atoms with Crippen molar-refractivity contribution in [1.29, 1.82) is 0 Å². The Morgan fingerprint density at radius 2 is 1.54 bits per heavy atom. The fourth-order valence-electron chi connectivity index (χ4n) is 5.92. The molecule has 0 saturated heterocycles. The van der Waals surface area contributed by atoms with Crippen molar-refractivity contribution in [3.05, 3.63) is 83.9 Å². The summed E-state index contributed by atoms with van der Waals surface area (Å²) in [6, 6.07) is 24.8. The number of benzene rings is 3. The summed E-state index contributed by atoms with van der Waals surface area (Å²) in [5.74, 6) is 2.30. The summed E-state index contributed by atoms with van der Waals surface area (Å²) in [6.45, 7) is 0.570. The second kappa shape index (κ2) is 12.8. The van der Waals surface area contributed by atoms with Crippen molar-refractivity contribution >= 4 is 23.0 Å². The second-order valence-electron chi connectivity index (χ2n) is 10.8. The van der Waals surface area contributed by atoms with Crippen LogP contribution in [0.2, 0.25) is 0 Å². The minimum atomic E-state index is 0.120. The first-order chi connectivity index (χ1) is 18.2. The summed E-state index contributed by atoms with van der Waals surface area (Å²) >= 11 is 0. The van der Waals surface area contributed by atoms with Crippen LogP contribution in [0.5, 0.6) is 5.75 Å². The van der Waals surface area contributed by atoms with Gasteiger partial charge in [-0.05, 0) is 78.6 Å². The number of hydrogen-bond donors (Lipinski definition) is 2. The van der Waals surface area contributed by atoms with Crippen molar-refractivity contribution in [1.82, 2.24) is 0 Å². The molecule has 0 heterocycles. The van der Waals surface area contributed by atoms with Crippen LogP contribution in [0.1, 0.15) is 87.7 Å². The lowest BCUT2D eigenvalue weighted by molar-refractivity contribution is -0.116. The van der Waals surface area contributed by atoms with Gasteiger partial charge in [0, 0.05) is 23.5 Å². The summed E-state index contributed by atoms with van der Waals surface area (Å²) in [4.78, 5) is 12.6. The van der Waals surface area contributed by atoms with Gasteiger partial charge in [-0.15, -0.1) is 0 Å². The van der Waals surface area contributed by atoms with Crippen LogP contribution in [0.15, 0.2) is 72.8 Å². The lowest BCUT2D eigenvalue weighted by Crippen LogP contribution is -2.14. The monoisotopic (exact) mass is 496 g/mol. The van der Waals surface area contributed by atoms with Gasteiger partial charge >= 0.3 is 0 Å². The Morgan fingerprint density at radius 1 is 0.784 bits per heavy atom. The van der Waals surface area contributed by atoms with Crippen LogP contribution in [0, 0.1) is 5.92 Å². The molecular weight excluding hydrogens is 456 g/mol. The van der Waals surface area contributed by atoms with Gasteiger partial charge in [0.15, 0.2) is 0 Å². The van der Waals surface area contributed by atoms with Gasteiger partial charge in [0.2, 0.25) is 5.91 Å². The minimum Gasteiger partial charge on any atom is -0.489 e. The molecule has 4 nitrogen and oxygen atoms in total. The van der Waals surface area contributed by atoms with Crippen LogP contribution in [-0.4, -0.2) is 5.91 Å². The maximum absolute atomic E-state index is 12.6. The van der Waals surface area contributed by atoms with Crippen LogP contribution < -0.4 is 15.4 Å². The fraction of sp³-hybridized carbons (Fsp3) is 0.424. The number of carbonyl (C=O) groups is 1. The zero-order valence-electron chi connectivity index (χ0n) is 21.9. The highest BCUT2D eigenvalue weighted by atomic mass is 16.5. The van der Waals surface area contributed by atoms with Crippen LogP contribution in [-0.2, 0) is 11.4 Å². The molecule has 3 aromatic carbocycles. The van der Waals surface area contributed by atoms with Crippen molar-refractivity contribution in [2.24, 2.45) is 5.92 Å². The highest BCUT2D eigenvalue weighted by molar-refractivity contribution is 5.91. The SMILES string of the molecule is O=C(CCC1CCCCC1)Nc1cccc(Nc2ccc(OCc3ccccc3)cc2C2CCCC2)c1. The third kappa shape index (κ3) is 7.38. The normalized spacial score (nSPS) is 16.4. The van der Waals surface area contributed by atoms with Crippen LogP contribution in [0.3, 0.4) is 0 Å². The molecule has 2 N–H and O–H groups in total. The molecule has 0 aromatic heterocycles. The lowest BCUT2D eigenvalue weighted by atomic mass is 9.86. The lowest BCUT2D eigenvalue weighted by Gasteiger charge is -2.21. The quantitative estimate of drug-likeness (QED) is 0.294. The Morgan fingerprint density at radius 3 is 2.35 bits per heavy atom. The van der Waals surface area contributed by atoms with Crippen molar-refractivity contribution in [3.63, 3.8) is 0 Å². The Labute approximate surface area is 221 Å². The van der Waals surface area contributed by atoms with Crippen molar-refractivity contribution < 1.29 is 9.53 Å². The topological polar surface area (TPSA) is 50.4 Å². The average molecular weight is 497 g/mol. The largest absolute Gasteiger partial charge is 0.489 e. The molecule has 0 unspecified atom stereocenters. The molecule has 194 valence electrons. The highest BCUT2D eigenvalue weighted by Gasteiger charge is 2.21. The maximum atomic E-state index is 12.6. The molecule has 1 amide bonds. The number of hydrogen-bond acceptors (Lipinski definition) is 3. The first kappa shape index (κ1) is 25.4. The molecule has 0 spiro atoms. The molecule has 0 aliphatic heterocycles. The minimum absolute atomic E-state index is 0.120. The maximum Gasteiger partial charge on any atom is 0.224 e. The molecule has 2 saturated carbocycles. The molecule has 4 heteroatoms. The Bertz CT molecular complexity index is 1150. The molecule has 2 fully saturated rings. The summed E-state index contributed by atoms with van der Waals surface area (Å²) in [5, 5.41) is 6.76. The van der Waals surface area contributed by atoms with Crippen molar-refractivity contribution in [2.45, 2.75) is 83.2 Å². The average Bonchev–Trinajstić information content (AvgIpc) is 3.48. The molecule has 0 bridgehead atoms. The van der Waals surface area contributed by atoms with E-state index in [9.17, 15) is 4.79 Å². The number of anilines is 3. The first-order valence-electron chi connectivity index (χ1n) is 14.2. The van der Waals surface area contributed by atoms with Gasteiger partial charge in [0.25, 0.3) is 0 Å². The van der Waals surface area contributed by atoms with E-state index in [2.05, 4.69) is 47.0 Å². The van der Waals surface area contributed by atoms with Crippen LogP contribution in [0.25, 0.3) is 0 Å². The molecule has 0 atom stereocenters. The van der Waals surface area contributed by atoms with Gasteiger partial charge in [0.1, 0.15) is 12.4 Å². The standard InChI is InChI=1S/C33H40N2O2/c36-33(21-18-25-10-3-1-4-11-25)35-29-17-9-16-28(22-29)34-32-20-19-30(23-31(32)27-14-7-8-15-27)37-24-26-12-5-2-6-13-26/h2,5-6,9,12-13,16-17,19-20,22-23,25,27,34H,1,3-4,7-8,10-11,14-15,18,21,24H2,(H,35,36). The van der Waals surface area contributed by atoms with E-state index in [1.54, 1.807) is 0 Å². The summed E-state index contributed by atoms with van der Waals surface area (Å²) < 4.78 is 6.15. The predicted molar refractivity (Wildman–Crippen MR) is 153 cm³/mol. The summed E-state index contributed by atoms with van der Waals surface area (Å²) in [6.07, 6.45) is 13.2. The van der Waals surface area contributed by atoms with Gasteiger partial charge < -0.3 is 15.4 Å². The molecule has 5 rings (SSSR count). The van der Waals surface area contributed by atoms with Crippen molar-refractivity contribution in [3.8, 4) is 5.75 Å². The van der Waals surface area contributed by atoms with E-state index in [-0.39, 0.29) is 5.91 Å². The van der Waals surface area contributed by atoms with Crippen molar-refractivity contribution in [2.75, 3.05) is 10.6 Å². The fourth-order valence-corrected chi connectivity index (χ4v) is 5.92. The van der Waals surface area contributed by atoms with E-state index in [0.717, 1.165) is 35.2 Å². The highest BCUT2D eigenvalue weighted by Crippen LogP contribution is 2.40. The number of ether oxygens (including phenoxy) is 1. The number of nitrogens with one attached hydrogen (secondary N) is 2. The Kier molecular flexibility index (Phi) is 8.78. The van der Waals surface area contributed by atoms with E-state index in [1.807, 2.05) is 36.4 Å². The third-order valence-corrected chi connectivity index (χ3v) is 8.00. The molecule has 2 aliphatic rings. The molecule has 0 radical (unpaired) electrons. The van der Waals surface area contributed by atoms with Crippen LogP contribution >= 0.6 is 0 Å². The number of amides is 1. The number of carbonyl (C=O) groups excluding carboxylic acids is 1. The third-order valence-electron chi connectivity index (χ3n) is 8.00. The first-order valence-corrected chi connectivity index (χ1v) is 14.2. The zero-order chi connectivity index (χ0) is 25.3. The van der Waals surface area contributed by atoms with Crippen LogP contribution in [0.4, 0.5) is 17.1 Å². The summed E-state index contributed by atoms with van der Waals surface area (Å²) in [7, 11) is 0. The van der Waals surface area contributed by atoms with Gasteiger partial charge in [0.05, 0.1) is 0 Å². The van der Waals surface area contributed by atoms with E-state index < -0.39 is 0 Å². The predicted octanol–water partition coefficient (Wildman–Crippen LogP) is 8.97. The van der Waals surface area contributed by atoms with Gasteiger partial charge in [-0.25, -0.2) is 0 Å². The molecule has 3 aromatic rings. The summed E-state index contributed by atoms with van der Waals surface area (Å²) in [5.41, 5.74) is 5.46. The van der Waals surface area contributed by atoms with E-state index >= 15 is 0 Å². The van der Waals surface area contributed by atoms with Gasteiger partial charge in [-0.2, -0.15) is 0 Å². The van der Waals surface area contributed by atoms with E-state index in [1.165, 1.54) is 68.9 Å². The molecule has 2 aliphatic carbocycles. The van der Waals surface area contributed by atoms with E-state index in [0.29, 0.717) is 18.9 Å². The smallest absolute Gasteiger partial charge is 0.224 e. The van der Waals surface area contributed by atoms with Gasteiger partial charge in [-0.1, -0.05) is 81.3 Å². The molecular formula is C33H40N2O2. The van der Waals surface area contributed by atoms with E-state index in [4.69, 9.17) is 4.74 Å². The molecule has 37 heavy (non-hydrogen) atoms.